The number of allylic oxidation sites excluding steroid dienone is 1. The Bertz CT molecular complexity index is 942. The molecule has 0 radical (unpaired) electrons. The van der Waals surface area contributed by atoms with Crippen molar-refractivity contribution in [2.75, 3.05) is 13.6 Å². The van der Waals surface area contributed by atoms with Gasteiger partial charge in [-0.25, -0.2) is 0 Å². The second-order valence-corrected chi connectivity index (χ2v) is 8.31. The van der Waals surface area contributed by atoms with Gasteiger partial charge >= 0.3 is 0 Å². The van der Waals surface area contributed by atoms with Gasteiger partial charge in [-0.15, -0.1) is 11.3 Å². The summed E-state index contributed by atoms with van der Waals surface area (Å²) < 4.78 is 2.45. The van der Waals surface area contributed by atoms with Gasteiger partial charge in [0, 0.05) is 46.5 Å². The van der Waals surface area contributed by atoms with Crippen LogP contribution in [0, 0.1) is 13.8 Å². The maximum atomic E-state index is 2.45. The molecule has 1 aliphatic rings. The van der Waals surface area contributed by atoms with E-state index in [9.17, 15) is 0 Å². The van der Waals surface area contributed by atoms with Crippen molar-refractivity contribution < 1.29 is 0 Å². The number of benzene rings is 1. The van der Waals surface area contributed by atoms with Gasteiger partial charge in [0.05, 0.1) is 5.52 Å². The summed E-state index contributed by atoms with van der Waals surface area (Å²) in [6, 6.07) is 11.3. The van der Waals surface area contributed by atoms with E-state index >= 15 is 0 Å². The monoisotopic (exact) mass is 336 g/mol. The highest BCUT2D eigenvalue weighted by Gasteiger charge is 2.21. The maximum Gasteiger partial charge on any atom is 0.0529 e. The number of hydrogen-bond donors (Lipinski definition) is 0. The molecule has 0 aliphatic carbocycles. The molecule has 3 heterocycles. The molecule has 0 amide bonds. The zero-order chi connectivity index (χ0) is 16.8. The highest BCUT2D eigenvalue weighted by molar-refractivity contribution is 7.13. The normalized spacial score (nSPS) is 15.9. The first-order valence-corrected chi connectivity index (χ1v) is 9.40. The van der Waals surface area contributed by atoms with E-state index in [0.717, 1.165) is 19.5 Å². The number of thiophene rings is 1. The molecule has 2 aromatic heterocycles. The smallest absolute Gasteiger partial charge is 0.0529 e. The fraction of sp³-hybridized carbons (Fsp3) is 0.333. The molecule has 0 saturated heterocycles. The van der Waals surface area contributed by atoms with Crippen LogP contribution < -0.4 is 0 Å². The van der Waals surface area contributed by atoms with Gasteiger partial charge in [-0.3, -0.25) is 0 Å². The van der Waals surface area contributed by atoms with Gasteiger partial charge in [-0.05, 0) is 63.2 Å². The predicted molar refractivity (Wildman–Crippen MR) is 106 cm³/mol. The van der Waals surface area contributed by atoms with Crippen molar-refractivity contribution in [3.05, 3.63) is 56.9 Å². The van der Waals surface area contributed by atoms with Gasteiger partial charge in [0.2, 0.25) is 0 Å². The summed E-state index contributed by atoms with van der Waals surface area (Å²) in [5.41, 5.74) is 7.02. The van der Waals surface area contributed by atoms with Crippen molar-refractivity contribution in [2.24, 2.45) is 0 Å². The molecule has 0 saturated carbocycles. The Morgan fingerprint density at radius 3 is 2.75 bits per heavy atom. The lowest BCUT2D eigenvalue weighted by Crippen LogP contribution is -2.26. The molecular formula is C21H24N2S. The second kappa shape index (κ2) is 5.91. The zero-order valence-electron chi connectivity index (χ0n) is 14.9. The van der Waals surface area contributed by atoms with E-state index in [1.54, 1.807) is 0 Å². The minimum absolute atomic E-state index is 1.05. The molecule has 0 fully saturated rings. The first kappa shape index (κ1) is 15.7. The lowest BCUT2D eigenvalue weighted by atomic mass is 10.0. The van der Waals surface area contributed by atoms with Crippen LogP contribution >= 0.6 is 11.3 Å². The van der Waals surface area contributed by atoms with Crippen molar-refractivity contribution in [1.29, 1.82) is 0 Å². The Kier molecular flexibility index (Phi) is 3.86. The first-order valence-electron chi connectivity index (χ1n) is 8.59. The van der Waals surface area contributed by atoms with Crippen molar-refractivity contribution in [3.63, 3.8) is 0 Å². The standard InChI is InChI=1S/C21H24N2S/c1-14-5-7-19-17(11-14)18-13-22(4)10-9-20(18)23(19)12-15(2)21-8-6-16(3)24-21/h5-8,11-12H,9-10,13H2,1-4H3/b15-12+. The molecule has 2 nitrogen and oxygen atoms in total. The molecule has 0 unspecified atom stereocenters. The van der Waals surface area contributed by atoms with Gasteiger partial charge in [0.25, 0.3) is 0 Å². The van der Waals surface area contributed by atoms with Crippen LogP contribution in [0.2, 0.25) is 0 Å². The van der Waals surface area contributed by atoms with Crippen LogP contribution in [0.4, 0.5) is 0 Å². The minimum Gasteiger partial charge on any atom is -0.320 e. The lowest BCUT2D eigenvalue weighted by molar-refractivity contribution is 0.312. The van der Waals surface area contributed by atoms with Crippen molar-refractivity contribution in [1.82, 2.24) is 9.47 Å². The van der Waals surface area contributed by atoms with Crippen LogP contribution in [-0.2, 0) is 13.0 Å². The molecule has 1 aromatic carbocycles. The Morgan fingerprint density at radius 1 is 1.17 bits per heavy atom. The third-order valence-electron chi connectivity index (χ3n) is 4.99. The molecule has 0 N–H and O–H groups in total. The van der Waals surface area contributed by atoms with Gasteiger partial charge in [-0.1, -0.05) is 11.6 Å². The molecule has 4 rings (SSSR count). The summed E-state index contributed by atoms with van der Waals surface area (Å²) >= 11 is 1.87. The highest BCUT2D eigenvalue weighted by Crippen LogP contribution is 2.33. The highest BCUT2D eigenvalue weighted by atomic mass is 32.1. The molecule has 0 atom stereocenters. The molecular weight excluding hydrogens is 312 g/mol. The molecule has 0 spiro atoms. The average Bonchev–Trinajstić information content (AvgIpc) is 3.10. The number of rotatable bonds is 2. The van der Waals surface area contributed by atoms with Gasteiger partial charge in [-0.2, -0.15) is 0 Å². The van der Waals surface area contributed by atoms with E-state index < -0.39 is 0 Å². The van der Waals surface area contributed by atoms with Crippen LogP contribution in [0.15, 0.2) is 30.3 Å². The summed E-state index contributed by atoms with van der Waals surface area (Å²) in [6.07, 6.45) is 3.46. The molecule has 3 heteroatoms. The van der Waals surface area contributed by atoms with E-state index in [4.69, 9.17) is 0 Å². The summed E-state index contributed by atoms with van der Waals surface area (Å²) in [4.78, 5) is 5.16. The van der Waals surface area contributed by atoms with E-state index in [2.05, 4.69) is 73.8 Å². The van der Waals surface area contributed by atoms with Crippen molar-refractivity contribution in [3.8, 4) is 0 Å². The van der Waals surface area contributed by atoms with Crippen LogP contribution in [0.1, 0.15) is 33.5 Å². The van der Waals surface area contributed by atoms with Gasteiger partial charge in [0.1, 0.15) is 0 Å². The quantitative estimate of drug-likeness (QED) is 0.614. The van der Waals surface area contributed by atoms with Crippen molar-refractivity contribution in [2.45, 2.75) is 33.7 Å². The van der Waals surface area contributed by atoms with Gasteiger partial charge in [0.15, 0.2) is 0 Å². The van der Waals surface area contributed by atoms with Crippen LogP contribution in [0.5, 0.6) is 0 Å². The number of fused-ring (bicyclic) bond motifs is 3. The van der Waals surface area contributed by atoms with Crippen molar-refractivity contribution >= 4 is 34.0 Å². The number of hydrogen-bond acceptors (Lipinski definition) is 2. The Hall–Kier alpha value is -1.84. The molecule has 1 aliphatic heterocycles. The van der Waals surface area contributed by atoms with E-state index in [1.807, 2.05) is 11.3 Å². The lowest BCUT2D eigenvalue weighted by Gasteiger charge is -2.23. The molecule has 0 bridgehead atoms. The Morgan fingerprint density at radius 2 is 2.00 bits per heavy atom. The fourth-order valence-electron chi connectivity index (χ4n) is 3.69. The number of aromatic nitrogens is 1. The molecule has 3 aromatic rings. The minimum atomic E-state index is 1.05. The summed E-state index contributed by atoms with van der Waals surface area (Å²) in [7, 11) is 2.22. The van der Waals surface area contributed by atoms with Crippen LogP contribution in [-0.4, -0.2) is 23.1 Å². The SMILES string of the molecule is C/C(=C\n1c2c(c3cc(C)ccc31)CN(C)CC2)c1ccc(C)s1. The fourth-order valence-corrected chi connectivity index (χ4v) is 4.53. The average molecular weight is 337 g/mol. The number of aryl methyl sites for hydroxylation is 2. The second-order valence-electron chi connectivity index (χ2n) is 7.03. The van der Waals surface area contributed by atoms with E-state index in [0.29, 0.717) is 0 Å². The molecule has 124 valence electrons. The third-order valence-corrected chi connectivity index (χ3v) is 6.12. The van der Waals surface area contributed by atoms with Gasteiger partial charge < -0.3 is 9.47 Å². The summed E-state index contributed by atoms with van der Waals surface area (Å²) in [6.45, 7) is 8.77. The Balaban J connectivity index is 1.92. The number of likely N-dealkylation sites (N-methyl/N-ethyl adjacent to an activating group) is 1. The van der Waals surface area contributed by atoms with Crippen LogP contribution in [0.3, 0.4) is 0 Å². The summed E-state index contributed by atoms with van der Waals surface area (Å²) in [5, 5.41) is 1.42. The zero-order valence-corrected chi connectivity index (χ0v) is 15.7. The number of nitrogens with zero attached hydrogens (tertiary/aromatic N) is 2. The predicted octanol–water partition coefficient (Wildman–Crippen LogP) is 5.33. The topological polar surface area (TPSA) is 8.17 Å². The Labute approximate surface area is 148 Å². The summed E-state index contributed by atoms with van der Waals surface area (Å²) in [5.74, 6) is 0. The largest absolute Gasteiger partial charge is 0.320 e. The van der Waals surface area contributed by atoms with E-state index in [-0.39, 0.29) is 0 Å². The van der Waals surface area contributed by atoms with Crippen LogP contribution in [0.25, 0.3) is 22.7 Å². The maximum absolute atomic E-state index is 2.45. The first-order chi connectivity index (χ1) is 11.5. The van der Waals surface area contributed by atoms with E-state index in [1.165, 1.54) is 43.1 Å². The molecule has 24 heavy (non-hydrogen) atoms. The third kappa shape index (κ3) is 2.62.